The summed E-state index contributed by atoms with van der Waals surface area (Å²) in [4.78, 5) is 14.5. The Balaban J connectivity index is 1.90. The zero-order valence-electron chi connectivity index (χ0n) is 12.4. The number of benzene rings is 1. The molecule has 0 bridgehead atoms. The fourth-order valence-electron chi connectivity index (χ4n) is 3.50. The second-order valence-electron chi connectivity index (χ2n) is 6.26. The van der Waals surface area contributed by atoms with Crippen molar-refractivity contribution in [2.24, 2.45) is 5.41 Å². The normalized spacial score (nSPS) is 21.4. The van der Waals surface area contributed by atoms with Gasteiger partial charge in [-0.1, -0.05) is 31.4 Å². The molecule has 114 valence electrons. The van der Waals surface area contributed by atoms with Crippen LogP contribution in [0.3, 0.4) is 0 Å². The highest BCUT2D eigenvalue weighted by Gasteiger charge is 2.36. The first-order valence-electron chi connectivity index (χ1n) is 7.87. The number of hydrogen-bond donors (Lipinski definition) is 1. The van der Waals surface area contributed by atoms with Crippen molar-refractivity contribution in [1.82, 2.24) is 0 Å². The van der Waals surface area contributed by atoms with Gasteiger partial charge in [0, 0.05) is 6.54 Å². The number of thiol groups is 1. The van der Waals surface area contributed by atoms with E-state index in [1.807, 2.05) is 29.2 Å². The molecule has 0 radical (unpaired) electrons. The van der Waals surface area contributed by atoms with Crippen LogP contribution in [-0.2, 0) is 4.79 Å². The summed E-state index contributed by atoms with van der Waals surface area (Å²) in [6.45, 7) is 1.25. The monoisotopic (exact) mass is 305 g/mol. The van der Waals surface area contributed by atoms with Crippen LogP contribution in [0.4, 0.5) is 5.69 Å². The van der Waals surface area contributed by atoms with Gasteiger partial charge in [-0.3, -0.25) is 4.79 Å². The van der Waals surface area contributed by atoms with Crippen LogP contribution in [0.1, 0.15) is 38.5 Å². The van der Waals surface area contributed by atoms with E-state index >= 15 is 0 Å². The minimum atomic E-state index is 0.161. The fraction of sp³-hybridized carbons (Fsp3) is 0.588. The lowest BCUT2D eigenvalue weighted by Gasteiger charge is -2.40. The van der Waals surface area contributed by atoms with Gasteiger partial charge < -0.3 is 9.64 Å². The lowest BCUT2D eigenvalue weighted by molar-refractivity contribution is -0.119. The third-order valence-electron chi connectivity index (χ3n) is 4.77. The van der Waals surface area contributed by atoms with Crippen molar-refractivity contribution in [3.8, 4) is 5.75 Å². The molecule has 0 atom stereocenters. The molecule has 4 heteroatoms. The number of ether oxygens (including phenoxy) is 1. The Morgan fingerprint density at radius 3 is 2.71 bits per heavy atom. The number of amides is 1. The van der Waals surface area contributed by atoms with Crippen LogP contribution < -0.4 is 9.64 Å². The van der Waals surface area contributed by atoms with Gasteiger partial charge in [-0.15, -0.1) is 0 Å². The van der Waals surface area contributed by atoms with Crippen molar-refractivity contribution in [1.29, 1.82) is 0 Å². The molecule has 1 aliphatic carbocycles. The lowest BCUT2D eigenvalue weighted by Crippen LogP contribution is -2.43. The topological polar surface area (TPSA) is 29.5 Å². The molecule has 1 heterocycles. The van der Waals surface area contributed by atoms with Crippen molar-refractivity contribution in [2.75, 3.05) is 23.8 Å². The third kappa shape index (κ3) is 3.05. The maximum Gasteiger partial charge on any atom is 0.230 e. The van der Waals surface area contributed by atoms with Gasteiger partial charge in [0.15, 0.2) is 0 Å². The first-order chi connectivity index (χ1) is 10.2. The number of hydrogen-bond acceptors (Lipinski definition) is 3. The Labute approximate surface area is 132 Å². The van der Waals surface area contributed by atoms with Gasteiger partial charge in [-0.05, 0) is 36.1 Å². The summed E-state index contributed by atoms with van der Waals surface area (Å²) in [5, 5.41) is 0. The van der Waals surface area contributed by atoms with E-state index in [1.54, 1.807) is 0 Å². The molecule has 1 aliphatic heterocycles. The van der Waals surface area contributed by atoms with Crippen LogP contribution in [0.2, 0.25) is 0 Å². The van der Waals surface area contributed by atoms with E-state index < -0.39 is 0 Å². The molecule has 0 unspecified atom stereocenters. The van der Waals surface area contributed by atoms with E-state index in [0.717, 1.165) is 23.7 Å². The summed E-state index contributed by atoms with van der Waals surface area (Å²) in [5.41, 5.74) is 1.08. The Bertz CT molecular complexity index is 511. The van der Waals surface area contributed by atoms with E-state index in [9.17, 15) is 4.79 Å². The first-order valence-corrected chi connectivity index (χ1v) is 8.50. The number of rotatable bonds is 3. The molecule has 1 aromatic carbocycles. The van der Waals surface area contributed by atoms with Crippen LogP contribution in [-0.4, -0.2) is 24.8 Å². The Morgan fingerprint density at radius 2 is 1.95 bits per heavy atom. The molecule has 0 saturated heterocycles. The molecule has 2 aliphatic rings. The molecule has 3 nitrogen and oxygen atoms in total. The second kappa shape index (κ2) is 6.30. The van der Waals surface area contributed by atoms with Crippen LogP contribution in [0.15, 0.2) is 24.3 Å². The summed E-state index contributed by atoms with van der Waals surface area (Å²) in [6, 6.07) is 7.88. The van der Waals surface area contributed by atoms with Crippen molar-refractivity contribution >= 4 is 24.2 Å². The van der Waals surface area contributed by atoms with Gasteiger partial charge in [0.2, 0.25) is 5.91 Å². The highest BCUT2D eigenvalue weighted by Crippen LogP contribution is 2.41. The molecular formula is C17H23NO2S. The quantitative estimate of drug-likeness (QED) is 0.863. The summed E-state index contributed by atoms with van der Waals surface area (Å²) < 4.78 is 5.72. The standard InChI is InChI=1S/C17H23NO2S/c19-16-8-11-20-15-7-3-2-6-14(15)18(16)12-17(13-21)9-4-1-5-10-17/h2-3,6-7,21H,1,4-5,8-13H2. The van der Waals surface area contributed by atoms with Gasteiger partial charge >= 0.3 is 0 Å². The molecule has 1 aromatic rings. The predicted molar refractivity (Wildman–Crippen MR) is 88.3 cm³/mol. The smallest absolute Gasteiger partial charge is 0.230 e. The number of carbonyl (C=O) groups is 1. The molecule has 0 spiro atoms. The van der Waals surface area contributed by atoms with E-state index in [0.29, 0.717) is 13.0 Å². The number of para-hydroxylation sites is 2. The minimum absolute atomic E-state index is 0.161. The number of nitrogens with zero attached hydrogens (tertiary/aromatic N) is 1. The molecular weight excluding hydrogens is 282 g/mol. The molecule has 1 fully saturated rings. The van der Waals surface area contributed by atoms with Gasteiger partial charge in [0.1, 0.15) is 5.75 Å². The second-order valence-corrected chi connectivity index (χ2v) is 6.58. The van der Waals surface area contributed by atoms with E-state index in [4.69, 9.17) is 4.74 Å². The van der Waals surface area contributed by atoms with Gasteiger partial charge in [-0.2, -0.15) is 12.6 Å². The Hall–Kier alpha value is -1.16. The van der Waals surface area contributed by atoms with Crippen LogP contribution >= 0.6 is 12.6 Å². The summed E-state index contributed by atoms with van der Waals surface area (Å²) >= 11 is 4.61. The van der Waals surface area contributed by atoms with Crippen molar-refractivity contribution in [3.05, 3.63) is 24.3 Å². The summed E-state index contributed by atoms with van der Waals surface area (Å²) in [7, 11) is 0. The number of carbonyl (C=O) groups excluding carboxylic acids is 1. The van der Waals surface area contributed by atoms with Crippen LogP contribution in [0.25, 0.3) is 0 Å². The third-order valence-corrected chi connectivity index (χ3v) is 5.44. The molecule has 21 heavy (non-hydrogen) atoms. The van der Waals surface area contributed by atoms with Crippen LogP contribution in [0, 0.1) is 5.41 Å². The Morgan fingerprint density at radius 1 is 1.19 bits per heavy atom. The van der Waals surface area contributed by atoms with E-state index in [-0.39, 0.29) is 11.3 Å². The molecule has 0 N–H and O–H groups in total. The average molecular weight is 305 g/mol. The largest absolute Gasteiger partial charge is 0.491 e. The first kappa shape index (κ1) is 14.8. The fourth-order valence-corrected chi connectivity index (χ4v) is 3.91. The van der Waals surface area contributed by atoms with Crippen molar-refractivity contribution < 1.29 is 9.53 Å². The summed E-state index contributed by atoms with van der Waals surface area (Å²) in [6.07, 6.45) is 6.61. The summed E-state index contributed by atoms with van der Waals surface area (Å²) in [5.74, 6) is 1.85. The molecule has 1 amide bonds. The van der Waals surface area contributed by atoms with Crippen molar-refractivity contribution in [2.45, 2.75) is 38.5 Å². The SMILES string of the molecule is O=C1CCOc2ccccc2N1CC1(CS)CCCCC1. The zero-order valence-corrected chi connectivity index (χ0v) is 13.3. The predicted octanol–water partition coefficient (Wildman–Crippen LogP) is 3.68. The molecule has 3 rings (SSSR count). The van der Waals surface area contributed by atoms with E-state index in [1.165, 1.54) is 32.1 Å². The molecule has 1 saturated carbocycles. The highest BCUT2D eigenvalue weighted by atomic mass is 32.1. The maximum absolute atomic E-state index is 12.5. The highest BCUT2D eigenvalue weighted by molar-refractivity contribution is 7.80. The van der Waals surface area contributed by atoms with E-state index in [2.05, 4.69) is 12.6 Å². The van der Waals surface area contributed by atoms with Gasteiger partial charge in [0.25, 0.3) is 0 Å². The van der Waals surface area contributed by atoms with Crippen molar-refractivity contribution in [3.63, 3.8) is 0 Å². The minimum Gasteiger partial charge on any atom is -0.491 e. The van der Waals surface area contributed by atoms with Gasteiger partial charge in [-0.25, -0.2) is 0 Å². The molecule has 0 aromatic heterocycles. The van der Waals surface area contributed by atoms with Crippen LogP contribution in [0.5, 0.6) is 5.75 Å². The maximum atomic E-state index is 12.5. The average Bonchev–Trinajstić information content (AvgIpc) is 2.68. The number of fused-ring (bicyclic) bond motifs is 1. The lowest BCUT2D eigenvalue weighted by atomic mass is 9.75. The Kier molecular flexibility index (Phi) is 4.43. The number of anilines is 1. The zero-order chi connectivity index (χ0) is 14.7. The van der Waals surface area contributed by atoms with Gasteiger partial charge in [0.05, 0.1) is 18.7 Å².